The van der Waals surface area contributed by atoms with Crippen LogP contribution in [0.2, 0.25) is 0 Å². The molecular formula is C24H23N5O3. The lowest BCUT2D eigenvalue weighted by atomic mass is 10.1. The number of amides is 1. The fourth-order valence-corrected chi connectivity index (χ4v) is 3.89. The maximum absolute atomic E-state index is 13.2. The van der Waals surface area contributed by atoms with E-state index < -0.39 is 4.92 Å². The van der Waals surface area contributed by atoms with Crippen molar-refractivity contribution in [2.75, 3.05) is 5.01 Å². The number of anilines is 1. The number of carbonyl (C=O) groups is 1. The number of nitrogens with zero attached hydrogens (tertiary/aromatic N) is 5. The fourth-order valence-electron chi connectivity index (χ4n) is 3.89. The fraction of sp³-hybridized carbons (Fsp3) is 0.208. The van der Waals surface area contributed by atoms with Crippen LogP contribution in [-0.4, -0.2) is 26.3 Å². The molecule has 0 saturated carbocycles. The molecule has 8 nitrogen and oxygen atoms in total. The Hall–Kier alpha value is -4.07. The maximum Gasteiger partial charge on any atom is 0.280 e. The largest absolute Gasteiger partial charge is 0.280 e. The first-order valence-electron chi connectivity index (χ1n) is 10.2. The van der Waals surface area contributed by atoms with Crippen molar-refractivity contribution in [3.63, 3.8) is 0 Å². The summed E-state index contributed by atoms with van der Waals surface area (Å²) >= 11 is 0. The van der Waals surface area contributed by atoms with Crippen molar-refractivity contribution >= 4 is 29.1 Å². The van der Waals surface area contributed by atoms with E-state index in [0.29, 0.717) is 22.7 Å². The Morgan fingerprint density at radius 3 is 2.47 bits per heavy atom. The van der Waals surface area contributed by atoms with E-state index in [-0.39, 0.29) is 11.6 Å². The van der Waals surface area contributed by atoms with Gasteiger partial charge in [-0.25, -0.2) is 4.68 Å². The second kappa shape index (κ2) is 7.88. The zero-order valence-corrected chi connectivity index (χ0v) is 18.6. The predicted molar refractivity (Wildman–Crippen MR) is 124 cm³/mol. The number of aryl methyl sites for hydroxylation is 3. The van der Waals surface area contributed by atoms with Crippen LogP contribution in [0.15, 0.2) is 53.1 Å². The van der Waals surface area contributed by atoms with Crippen molar-refractivity contribution in [2.24, 2.45) is 5.10 Å². The number of benzene rings is 2. The van der Waals surface area contributed by atoms with Crippen LogP contribution < -0.4 is 5.01 Å². The highest BCUT2D eigenvalue weighted by atomic mass is 16.6. The normalized spacial score (nSPS) is 14.9. The van der Waals surface area contributed by atoms with Crippen LogP contribution in [0.1, 0.15) is 35.0 Å². The number of nitro groups is 1. The van der Waals surface area contributed by atoms with E-state index >= 15 is 0 Å². The van der Waals surface area contributed by atoms with Crippen molar-refractivity contribution in [1.29, 1.82) is 0 Å². The molecule has 1 aromatic heterocycles. The van der Waals surface area contributed by atoms with E-state index in [1.165, 1.54) is 17.1 Å². The Labute approximate surface area is 185 Å². The highest BCUT2D eigenvalue weighted by molar-refractivity contribution is 6.32. The summed E-state index contributed by atoms with van der Waals surface area (Å²) in [5.41, 5.74) is 6.83. The van der Waals surface area contributed by atoms with Gasteiger partial charge >= 0.3 is 0 Å². The third-order valence-electron chi connectivity index (χ3n) is 5.56. The van der Waals surface area contributed by atoms with E-state index in [1.54, 1.807) is 22.9 Å². The van der Waals surface area contributed by atoms with Gasteiger partial charge in [-0.1, -0.05) is 23.8 Å². The predicted octanol–water partition coefficient (Wildman–Crippen LogP) is 4.82. The lowest BCUT2D eigenvalue weighted by molar-refractivity contribution is -0.384. The van der Waals surface area contributed by atoms with Crippen LogP contribution >= 0.6 is 0 Å². The first-order valence-corrected chi connectivity index (χ1v) is 10.2. The van der Waals surface area contributed by atoms with Crippen LogP contribution in [0.5, 0.6) is 0 Å². The molecular weight excluding hydrogens is 406 g/mol. The van der Waals surface area contributed by atoms with Crippen molar-refractivity contribution in [1.82, 2.24) is 9.78 Å². The smallest absolute Gasteiger partial charge is 0.267 e. The number of hydrazone groups is 1. The molecule has 3 aromatic rings. The molecule has 0 saturated heterocycles. The van der Waals surface area contributed by atoms with Crippen molar-refractivity contribution in [3.8, 4) is 5.69 Å². The molecule has 2 aromatic carbocycles. The van der Waals surface area contributed by atoms with E-state index in [4.69, 9.17) is 0 Å². The van der Waals surface area contributed by atoms with Crippen LogP contribution in [-0.2, 0) is 4.79 Å². The van der Waals surface area contributed by atoms with Gasteiger partial charge in [-0.15, -0.1) is 0 Å². The monoisotopic (exact) mass is 429 g/mol. The number of rotatable bonds is 4. The van der Waals surface area contributed by atoms with Crippen LogP contribution in [0.25, 0.3) is 11.8 Å². The van der Waals surface area contributed by atoms with E-state index in [0.717, 1.165) is 28.1 Å². The second-order valence-corrected chi connectivity index (χ2v) is 7.92. The zero-order valence-electron chi connectivity index (χ0n) is 18.6. The molecule has 8 heteroatoms. The summed E-state index contributed by atoms with van der Waals surface area (Å²) in [6.07, 6.45) is 1.80. The van der Waals surface area contributed by atoms with Gasteiger partial charge < -0.3 is 0 Å². The molecule has 0 aliphatic carbocycles. The van der Waals surface area contributed by atoms with Gasteiger partial charge in [-0.2, -0.15) is 15.2 Å². The van der Waals surface area contributed by atoms with E-state index in [1.807, 2.05) is 52.8 Å². The van der Waals surface area contributed by atoms with Crippen LogP contribution in [0.4, 0.5) is 11.4 Å². The molecule has 2 heterocycles. The molecule has 0 atom stereocenters. The Balaban J connectivity index is 1.73. The number of non-ortho nitro benzene ring substituents is 1. The quantitative estimate of drug-likeness (QED) is 0.338. The molecule has 0 fully saturated rings. The third kappa shape index (κ3) is 3.60. The molecule has 0 bridgehead atoms. The number of hydrogen-bond acceptors (Lipinski definition) is 5. The standard InChI is InChI=1S/C24H23N5O3/c1-14-9-10-23(15(2)11-14)28-24(30)22(17(4)26-28)13-21-16(3)25-27(18(21)5)19-7-6-8-20(12-19)29(31)32/h6-13H,1-5H3/b22-13+. The number of nitro benzene ring substituents is 1. The Morgan fingerprint density at radius 2 is 1.78 bits per heavy atom. The van der Waals surface area contributed by atoms with Gasteiger partial charge in [0.05, 0.1) is 33.3 Å². The summed E-state index contributed by atoms with van der Waals surface area (Å²) in [5.74, 6) is -0.198. The van der Waals surface area contributed by atoms with Crippen LogP contribution in [0.3, 0.4) is 0 Å². The van der Waals surface area contributed by atoms with Crippen molar-refractivity contribution in [3.05, 3.63) is 86.2 Å². The summed E-state index contributed by atoms with van der Waals surface area (Å²) in [5, 5.41) is 21.6. The minimum Gasteiger partial charge on any atom is -0.267 e. The summed E-state index contributed by atoms with van der Waals surface area (Å²) in [4.78, 5) is 23.9. The highest BCUT2D eigenvalue weighted by Crippen LogP contribution is 2.30. The number of hydrogen-bond donors (Lipinski definition) is 0. The Kier molecular flexibility index (Phi) is 5.22. The number of aromatic nitrogens is 2. The molecule has 162 valence electrons. The second-order valence-electron chi connectivity index (χ2n) is 7.92. The molecule has 4 rings (SSSR count). The molecule has 0 spiro atoms. The lowest BCUT2D eigenvalue weighted by Gasteiger charge is -2.15. The maximum atomic E-state index is 13.2. The van der Waals surface area contributed by atoms with E-state index in [2.05, 4.69) is 10.2 Å². The summed E-state index contributed by atoms with van der Waals surface area (Å²) < 4.78 is 1.66. The molecule has 0 N–H and O–H groups in total. The van der Waals surface area contributed by atoms with Gasteiger partial charge in [-0.05, 0) is 58.4 Å². The molecule has 1 aliphatic rings. The SMILES string of the molecule is CC1=NN(c2ccc(C)cc2C)C(=O)/C1=C/c1c(C)nn(-c2cccc([N+](=O)[O-])c2)c1C. The molecule has 1 aliphatic heterocycles. The summed E-state index contributed by atoms with van der Waals surface area (Å²) in [7, 11) is 0. The highest BCUT2D eigenvalue weighted by Gasteiger charge is 2.30. The molecule has 0 unspecified atom stereocenters. The number of carbonyl (C=O) groups excluding carboxylic acids is 1. The Morgan fingerprint density at radius 1 is 1.03 bits per heavy atom. The minimum absolute atomic E-state index is 0.00647. The first-order chi connectivity index (χ1) is 15.2. The Bertz CT molecular complexity index is 1330. The van der Waals surface area contributed by atoms with Crippen molar-refractivity contribution in [2.45, 2.75) is 34.6 Å². The minimum atomic E-state index is -0.434. The van der Waals surface area contributed by atoms with Gasteiger partial charge in [0.25, 0.3) is 11.6 Å². The summed E-state index contributed by atoms with van der Waals surface area (Å²) in [6, 6.07) is 12.2. The zero-order chi connectivity index (χ0) is 23.2. The molecule has 32 heavy (non-hydrogen) atoms. The van der Waals surface area contributed by atoms with E-state index in [9.17, 15) is 14.9 Å². The lowest BCUT2D eigenvalue weighted by Crippen LogP contribution is -2.22. The third-order valence-corrected chi connectivity index (χ3v) is 5.56. The molecule has 0 radical (unpaired) electrons. The van der Waals surface area contributed by atoms with Gasteiger partial charge in [0, 0.05) is 23.4 Å². The topological polar surface area (TPSA) is 93.6 Å². The van der Waals surface area contributed by atoms with Gasteiger partial charge in [0.1, 0.15) is 0 Å². The molecule has 1 amide bonds. The summed E-state index contributed by atoms with van der Waals surface area (Å²) in [6.45, 7) is 9.50. The average molecular weight is 429 g/mol. The van der Waals surface area contributed by atoms with Crippen LogP contribution in [0, 0.1) is 37.8 Å². The van der Waals surface area contributed by atoms with Gasteiger partial charge in [-0.3, -0.25) is 14.9 Å². The first kappa shape index (κ1) is 21.2. The van der Waals surface area contributed by atoms with Gasteiger partial charge in [0.2, 0.25) is 0 Å². The average Bonchev–Trinajstić information content (AvgIpc) is 3.18. The van der Waals surface area contributed by atoms with Crippen molar-refractivity contribution < 1.29 is 9.72 Å². The van der Waals surface area contributed by atoms with Gasteiger partial charge in [0.15, 0.2) is 0 Å².